The summed E-state index contributed by atoms with van der Waals surface area (Å²) < 4.78 is 6.04. The fourth-order valence-corrected chi connectivity index (χ4v) is 2.70. The number of nitrogen functional groups attached to an aromatic ring is 1. The number of anilines is 1. The highest BCUT2D eigenvalue weighted by Crippen LogP contribution is 2.39. The van der Waals surface area contributed by atoms with E-state index in [1.54, 1.807) is 0 Å². The molecule has 0 unspecified atom stereocenters. The summed E-state index contributed by atoms with van der Waals surface area (Å²) in [5.74, 6) is 2.03. The lowest BCUT2D eigenvalue weighted by atomic mass is 9.84. The van der Waals surface area contributed by atoms with Gasteiger partial charge in [-0.05, 0) is 19.8 Å². The Kier molecular flexibility index (Phi) is 4.34. The molecule has 2 N–H and O–H groups in total. The lowest BCUT2D eigenvalue weighted by Crippen LogP contribution is -2.35. The summed E-state index contributed by atoms with van der Waals surface area (Å²) in [4.78, 5) is 13.2. The molecule has 0 atom stereocenters. The van der Waals surface area contributed by atoms with E-state index in [1.807, 2.05) is 6.92 Å². The molecular formula is C14H24N4O. The van der Waals surface area contributed by atoms with Gasteiger partial charge in [0.05, 0.1) is 0 Å². The third-order valence-corrected chi connectivity index (χ3v) is 3.68. The van der Waals surface area contributed by atoms with Crippen LogP contribution >= 0.6 is 0 Å². The minimum absolute atomic E-state index is 0.242. The molecule has 0 bridgehead atoms. The number of rotatable bonds is 4. The van der Waals surface area contributed by atoms with Gasteiger partial charge in [0.25, 0.3) is 0 Å². The standard InChI is InChI=1S/C14H24N4O/c1-4-19-14(8-6-5-7-9-14)12-16-11(10(2)3)17-13(15)18-12/h10H,4-9H2,1-3H3,(H2,15,16,17,18). The van der Waals surface area contributed by atoms with Crippen molar-refractivity contribution >= 4 is 5.95 Å². The Balaban J connectivity index is 2.40. The van der Waals surface area contributed by atoms with E-state index in [4.69, 9.17) is 10.5 Å². The Bertz CT molecular complexity index is 422. The first-order valence-electron chi connectivity index (χ1n) is 7.23. The average molecular weight is 264 g/mol. The quantitative estimate of drug-likeness (QED) is 0.905. The number of nitrogens with two attached hydrogens (primary N) is 1. The van der Waals surface area contributed by atoms with Gasteiger partial charge >= 0.3 is 0 Å². The van der Waals surface area contributed by atoms with Crippen molar-refractivity contribution in [2.24, 2.45) is 0 Å². The van der Waals surface area contributed by atoms with Crippen LogP contribution in [0.2, 0.25) is 0 Å². The first-order chi connectivity index (χ1) is 9.07. The fraction of sp³-hybridized carbons (Fsp3) is 0.786. The molecule has 106 valence electrons. The van der Waals surface area contributed by atoms with Crippen molar-refractivity contribution in [1.29, 1.82) is 0 Å². The van der Waals surface area contributed by atoms with Gasteiger partial charge in [-0.3, -0.25) is 0 Å². The van der Waals surface area contributed by atoms with Crippen LogP contribution in [0.5, 0.6) is 0 Å². The summed E-state index contributed by atoms with van der Waals surface area (Å²) in [5.41, 5.74) is 5.49. The molecule has 5 heteroatoms. The van der Waals surface area contributed by atoms with Crippen LogP contribution in [0.4, 0.5) is 5.95 Å². The van der Waals surface area contributed by atoms with Crippen molar-refractivity contribution in [3.63, 3.8) is 0 Å². The van der Waals surface area contributed by atoms with Gasteiger partial charge in [-0.1, -0.05) is 33.1 Å². The van der Waals surface area contributed by atoms with Crippen LogP contribution in [0.25, 0.3) is 0 Å². The van der Waals surface area contributed by atoms with Crippen LogP contribution in [0.3, 0.4) is 0 Å². The minimum atomic E-state index is -0.353. The normalized spacial score (nSPS) is 18.7. The highest BCUT2D eigenvalue weighted by atomic mass is 16.5. The summed E-state index contributed by atoms with van der Waals surface area (Å²) >= 11 is 0. The Morgan fingerprint density at radius 1 is 1.16 bits per heavy atom. The van der Waals surface area contributed by atoms with E-state index < -0.39 is 0 Å². The smallest absolute Gasteiger partial charge is 0.223 e. The highest BCUT2D eigenvalue weighted by molar-refractivity contribution is 5.20. The van der Waals surface area contributed by atoms with Crippen molar-refractivity contribution in [2.75, 3.05) is 12.3 Å². The number of aromatic nitrogens is 3. The number of hydrogen-bond donors (Lipinski definition) is 1. The first-order valence-corrected chi connectivity index (χ1v) is 7.23. The molecule has 0 spiro atoms. The van der Waals surface area contributed by atoms with Crippen molar-refractivity contribution in [3.05, 3.63) is 11.6 Å². The SMILES string of the molecule is CCOC1(c2nc(N)nc(C(C)C)n2)CCCCC1. The lowest BCUT2D eigenvalue weighted by molar-refractivity contribution is -0.0768. The van der Waals surface area contributed by atoms with Crippen LogP contribution in [0, 0.1) is 0 Å². The topological polar surface area (TPSA) is 73.9 Å². The van der Waals surface area contributed by atoms with Gasteiger partial charge in [0.2, 0.25) is 5.95 Å². The van der Waals surface area contributed by atoms with Crippen LogP contribution in [-0.4, -0.2) is 21.6 Å². The molecule has 1 fully saturated rings. The highest BCUT2D eigenvalue weighted by Gasteiger charge is 2.38. The van der Waals surface area contributed by atoms with Gasteiger partial charge < -0.3 is 10.5 Å². The number of nitrogens with zero attached hydrogens (tertiary/aromatic N) is 3. The van der Waals surface area contributed by atoms with Gasteiger partial charge in [0, 0.05) is 12.5 Å². The van der Waals surface area contributed by atoms with E-state index in [1.165, 1.54) is 6.42 Å². The molecule has 0 amide bonds. The van der Waals surface area contributed by atoms with E-state index in [0.29, 0.717) is 12.6 Å². The number of ether oxygens (including phenoxy) is 1. The van der Waals surface area contributed by atoms with Gasteiger partial charge in [-0.15, -0.1) is 0 Å². The monoisotopic (exact) mass is 264 g/mol. The van der Waals surface area contributed by atoms with E-state index in [2.05, 4.69) is 28.8 Å². The molecule has 0 aliphatic heterocycles. The Hall–Kier alpha value is -1.23. The second-order valence-electron chi connectivity index (χ2n) is 5.52. The van der Waals surface area contributed by atoms with E-state index in [-0.39, 0.29) is 11.5 Å². The zero-order valence-corrected chi connectivity index (χ0v) is 12.1. The van der Waals surface area contributed by atoms with Crippen LogP contribution in [0.15, 0.2) is 0 Å². The molecule has 1 aliphatic carbocycles. The maximum atomic E-state index is 6.04. The van der Waals surface area contributed by atoms with Crippen molar-refractivity contribution in [2.45, 2.75) is 64.4 Å². The molecule has 0 radical (unpaired) electrons. The minimum Gasteiger partial charge on any atom is -0.368 e. The predicted molar refractivity (Wildman–Crippen MR) is 74.7 cm³/mol. The molecule has 2 rings (SSSR count). The molecular weight excluding hydrogens is 240 g/mol. The van der Waals surface area contributed by atoms with Gasteiger partial charge in [0.15, 0.2) is 5.82 Å². The third kappa shape index (κ3) is 3.03. The number of hydrogen-bond acceptors (Lipinski definition) is 5. The zero-order chi connectivity index (χ0) is 13.9. The maximum Gasteiger partial charge on any atom is 0.223 e. The van der Waals surface area contributed by atoms with E-state index >= 15 is 0 Å². The molecule has 1 aromatic heterocycles. The summed E-state index contributed by atoms with van der Waals surface area (Å²) in [6, 6.07) is 0. The zero-order valence-electron chi connectivity index (χ0n) is 12.1. The molecule has 19 heavy (non-hydrogen) atoms. The molecule has 5 nitrogen and oxygen atoms in total. The second-order valence-corrected chi connectivity index (χ2v) is 5.52. The van der Waals surface area contributed by atoms with Crippen LogP contribution in [0.1, 0.15) is 70.4 Å². The largest absolute Gasteiger partial charge is 0.368 e. The summed E-state index contributed by atoms with van der Waals surface area (Å²) in [7, 11) is 0. The lowest BCUT2D eigenvalue weighted by Gasteiger charge is -2.35. The molecule has 0 aromatic carbocycles. The molecule has 1 saturated carbocycles. The maximum absolute atomic E-state index is 6.04. The Morgan fingerprint density at radius 3 is 2.42 bits per heavy atom. The fourth-order valence-electron chi connectivity index (χ4n) is 2.70. The molecule has 1 aromatic rings. The van der Waals surface area contributed by atoms with Gasteiger partial charge in [-0.2, -0.15) is 9.97 Å². The summed E-state index contributed by atoms with van der Waals surface area (Å²) in [5, 5.41) is 0. The van der Waals surface area contributed by atoms with E-state index in [9.17, 15) is 0 Å². The average Bonchev–Trinajstić information content (AvgIpc) is 2.39. The van der Waals surface area contributed by atoms with Crippen LogP contribution < -0.4 is 5.73 Å². The first kappa shape index (κ1) is 14.2. The van der Waals surface area contributed by atoms with Crippen molar-refractivity contribution in [1.82, 2.24) is 15.0 Å². The predicted octanol–water partition coefficient (Wildman–Crippen LogP) is 2.77. The Morgan fingerprint density at radius 2 is 1.84 bits per heavy atom. The van der Waals surface area contributed by atoms with Crippen LogP contribution in [-0.2, 0) is 10.3 Å². The summed E-state index contributed by atoms with van der Waals surface area (Å²) in [6.07, 6.45) is 5.52. The summed E-state index contributed by atoms with van der Waals surface area (Å²) in [6.45, 7) is 6.81. The van der Waals surface area contributed by atoms with E-state index in [0.717, 1.165) is 37.3 Å². The van der Waals surface area contributed by atoms with Crippen molar-refractivity contribution in [3.8, 4) is 0 Å². The third-order valence-electron chi connectivity index (χ3n) is 3.68. The molecule has 1 aliphatic rings. The molecule has 1 heterocycles. The molecule has 0 saturated heterocycles. The Labute approximate surface area is 115 Å². The second kappa shape index (κ2) is 5.82. The van der Waals surface area contributed by atoms with Gasteiger partial charge in [-0.25, -0.2) is 4.98 Å². The van der Waals surface area contributed by atoms with Gasteiger partial charge in [0.1, 0.15) is 11.4 Å². The van der Waals surface area contributed by atoms with Crippen molar-refractivity contribution < 1.29 is 4.74 Å².